The minimum absolute atomic E-state index is 0.0394. The van der Waals surface area contributed by atoms with Crippen molar-refractivity contribution in [2.45, 2.75) is 33.2 Å². The van der Waals surface area contributed by atoms with Crippen molar-refractivity contribution in [3.8, 4) is 10.6 Å². The highest BCUT2D eigenvalue weighted by molar-refractivity contribution is 7.16. The van der Waals surface area contributed by atoms with Crippen LogP contribution in [0.2, 0.25) is 0 Å². The first kappa shape index (κ1) is 19.6. The van der Waals surface area contributed by atoms with Crippen molar-refractivity contribution in [3.63, 3.8) is 0 Å². The summed E-state index contributed by atoms with van der Waals surface area (Å²) in [5.74, 6) is -0.472. The van der Waals surface area contributed by atoms with E-state index in [0.717, 1.165) is 22.0 Å². The lowest BCUT2D eigenvalue weighted by Crippen LogP contribution is -2.47. The molecule has 0 saturated carbocycles. The molecule has 4 N–H and O–H groups in total. The zero-order valence-electron chi connectivity index (χ0n) is 14.7. The molecule has 2 heterocycles. The molecule has 0 aliphatic rings. The van der Waals surface area contributed by atoms with Crippen LogP contribution in [0.1, 0.15) is 23.7 Å². The molecule has 2 aromatic heterocycles. The van der Waals surface area contributed by atoms with Crippen LogP contribution in [0, 0.1) is 12.8 Å². The summed E-state index contributed by atoms with van der Waals surface area (Å²) in [6.07, 6.45) is 0.749. The van der Waals surface area contributed by atoms with Crippen molar-refractivity contribution >= 4 is 34.5 Å². The highest BCUT2D eigenvalue weighted by atomic mass is 32.1. The van der Waals surface area contributed by atoms with Crippen molar-refractivity contribution < 1.29 is 9.59 Å². The summed E-state index contributed by atoms with van der Waals surface area (Å²) < 4.78 is 0. The average Bonchev–Trinajstić information content (AvgIpc) is 3.20. The Morgan fingerprint density at radius 3 is 2.68 bits per heavy atom. The van der Waals surface area contributed by atoms with Gasteiger partial charge in [-0.05, 0) is 31.4 Å². The second kappa shape index (κ2) is 9.07. The monoisotopic (exact) mass is 380 g/mol. The van der Waals surface area contributed by atoms with Crippen molar-refractivity contribution in [1.82, 2.24) is 15.6 Å². The number of thiazole rings is 1. The minimum Gasteiger partial charge on any atom is -0.354 e. The van der Waals surface area contributed by atoms with E-state index in [9.17, 15) is 9.59 Å². The van der Waals surface area contributed by atoms with Gasteiger partial charge in [-0.25, -0.2) is 4.98 Å². The normalized spacial score (nSPS) is 12.2. The Morgan fingerprint density at radius 2 is 2.04 bits per heavy atom. The van der Waals surface area contributed by atoms with E-state index < -0.39 is 6.04 Å². The van der Waals surface area contributed by atoms with E-state index in [1.807, 2.05) is 20.8 Å². The number of carbonyl (C=O) groups is 2. The van der Waals surface area contributed by atoms with Crippen LogP contribution < -0.4 is 16.4 Å². The van der Waals surface area contributed by atoms with Gasteiger partial charge in [0.1, 0.15) is 0 Å². The molecule has 0 fully saturated rings. The third kappa shape index (κ3) is 5.91. The second-order valence-corrected chi connectivity index (χ2v) is 8.34. The lowest BCUT2D eigenvalue weighted by Gasteiger charge is -2.15. The van der Waals surface area contributed by atoms with Crippen LogP contribution in [-0.2, 0) is 16.0 Å². The van der Waals surface area contributed by atoms with Gasteiger partial charge in [-0.3, -0.25) is 9.59 Å². The van der Waals surface area contributed by atoms with E-state index in [1.54, 1.807) is 22.7 Å². The summed E-state index contributed by atoms with van der Waals surface area (Å²) in [6.45, 7) is 6.21. The van der Waals surface area contributed by atoms with E-state index in [1.165, 1.54) is 4.88 Å². The summed E-state index contributed by atoms with van der Waals surface area (Å²) >= 11 is 3.32. The fourth-order valence-electron chi connectivity index (χ4n) is 2.10. The molecule has 2 aromatic rings. The number of nitrogens with two attached hydrogens (primary N) is 1. The molecule has 25 heavy (non-hydrogen) atoms. The molecule has 0 spiro atoms. The summed E-state index contributed by atoms with van der Waals surface area (Å²) in [4.78, 5) is 30.3. The van der Waals surface area contributed by atoms with Gasteiger partial charge < -0.3 is 16.4 Å². The number of hydrogen-bond acceptors (Lipinski definition) is 6. The number of rotatable bonds is 8. The lowest BCUT2D eigenvalue weighted by molar-refractivity contribution is -0.127. The van der Waals surface area contributed by atoms with Gasteiger partial charge in [0.15, 0.2) is 0 Å². The van der Waals surface area contributed by atoms with Gasteiger partial charge >= 0.3 is 0 Å². The maximum Gasteiger partial charge on any atom is 0.239 e. The fourth-order valence-corrected chi connectivity index (χ4v) is 3.76. The first-order valence-corrected chi connectivity index (χ1v) is 9.87. The third-order valence-electron chi connectivity index (χ3n) is 3.67. The third-order valence-corrected chi connectivity index (χ3v) is 5.61. The van der Waals surface area contributed by atoms with Gasteiger partial charge in [-0.1, -0.05) is 13.8 Å². The largest absolute Gasteiger partial charge is 0.354 e. The summed E-state index contributed by atoms with van der Waals surface area (Å²) in [5, 5.41) is 8.47. The molecule has 0 unspecified atom stereocenters. The fraction of sp³-hybridized carbons (Fsp3) is 0.471. The SMILES string of the molecule is Cc1nc(-c2ccc(CCNC(=O)CNC(=O)[C@@H](N)C(C)C)s2)cs1. The zero-order chi connectivity index (χ0) is 18.4. The predicted octanol–water partition coefficient (Wildman–Crippen LogP) is 1.94. The molecule has 8 heteroatoms. The van der Waals surface area contributed by atoms with Crippen LogP contribution in [0.3, 0.4) is 0 Å². The van der Waals surface area contributed by atoms with Crippen molar-refractivity contribution in [3.05, 3.63) is 27.4 Å². The highest BCUT2D eigenvalue weighted by Crippen LogP contribution is 2.29. The Balaban J connectivity index is 1.71. The van der Waals surface area contributed by atoms with Crippen molar-refractivity contribution in [2.75, 3.05) is 13.1 Å². The van der Waals surface area contributed by atoms with Crippen LogP contribution >= 0.6 is 22.7 Å². The Bertz CT molecular complexity index is 724. The zero-order valence-corrected chi connectivity index (χ0v) is 16.3. The molecule has 136 valence electrons. The molecular weight excluding hydrogens is 356 g/mol. The summed E-state index contributed by atoms with van der Waals surface area (Å²) in [6, 6.07) is 3.53. The van der Waals surface area contributed by atoms with Crippen molar-refractivity contribution in [1.29, 1.82) is 0 Å². The number of hydrogen-bond donors (Lipinski definition) is 3. The Morgan fingerprint density at radius 1 is 1.28 bits per heavy atom. The van der Waals surface area contributed by atoms with Crippen molar-refractivity contribution in [2.24, 2.45) is 11.7 Å². The quantitative estimate of drug-likeness (QED) is 0.652. The van der Waals surface area contributed by atoms with Gasteiger partial charge in [-0.2, -0.15) is 0 Å². The van der Waals surface area contributed by atoms with Gasteiger partial charge in [-0.15, -0.1) is 22.7 Å². The lowest BCUT2D eigenvalue weighted by atomic mass is 10.1. The van der Waals surface area contributed by atoms with E-state index in [2.05, 4.69) is 33.1 Å². The number of nitrogens with zero attached hydrogens (tertiary/aromatic N) is 1. The van der Waals surface area contributed by atoms with Crippen LogP contribution in [0.15, 0.2) is 17.5 Å². The maximum absolute atomic E-state index is 11.8. The topological polar surface area (TPSA) is 97.1 Å². The minimum atomic E-state index is -0.591. The van der Waals surface area contributed by atoms with Gasteiger partial charge in [0.05, 0.1) is 28.2 Å². The summed E-state index contributed by atoms with van der Waals surface area (Å²) in [7, 11) is 0. The standard InChI is InChI=1S/C17H24N4O2S2/c1-10(2)16(18)17(23)20-8-15(22)19-7-6-12-4-5-14(25-12)13-9-24-11(3)21-13/h4-5,9-10,16H,6-8,18H2,1-3H3,(H,19,22)(H,20,23)/t16-/m0/s1. The Kier molecular flexibility index (Phi) is 7.10. The molecule has 0 aliphatic carbocycles. The van der Waals surface area contributed by atoms with Crippen LogP contribution in [0.25, 0.3) is 10.6 Å². The Labute approximate surface area is 155 Å². The molecule has 0 aromatic carbocycles. The molecule has 1 atom stereocenters. The number of aromatic nitrogens is 1. The molecule has 6 nitrogen and oxygen atoms in total. The molecule has 0 radical (unpaired) electrons. The molecule has 0 saturated heterocycles. The number of thiophene rings is 1. The predicted molar refractivity (Wildman–Crippen MR) is 103 cm³/mol. The summed E-state index contributed by atoms with van der Waals surface area (Å²) in [5.41, 5.74) is 6.73. The average molecular weight is 381 g/mol. The molecule has 2 rings (SSSR count). The first-order valence-electron chi connectivity index (χ1n) is 8.18. The van der Waals surface area contributed by atoms with Crippen LogP contribution in [-0.4, -0.2) is 35.9 Å². The second-order valence-electron chi connectivity index (χ2n) is 6.11. The number of nitrogens with one attached hydrogen (secondary N) is 2. The molecule has 0 aliphatic heterocycles. The van der Waals surface area contributed by atoms with Gasteiger partial charge in [0.2, 0.25) is 11.8 Å². The van der Waals surface area contributed by atoms with E-state index in [0.29, 0.717) is 6.54 Å². The van der Waals surface area contributed by atoms with E-state index >= 15 is 0 Å². The van der Waals surface area contributed by atoms with E-state index in [-0.39, 0.29) is 24.3 Å². The number of carbonyl (C=O) groups excluding carboxylic acids is 2. The van der Waals surface area contributed by atoms with Gasteiger partial charge in [0.25, 0.3) is 0 Å². The van der Waals surface area contributed by atoms with Gasteiger partial charge in [0, 0.05) is 16.8 Å². The van der Waals surface area contributed by atoms with Crippen LogP contribution in [0.4, 0.5) is 0 Å². The molecule has 0 bridgehead atoms. The molecule has 2 amide bonds. The number of amides is 2. The molecular formula is C17H24N4O2S2. The number of aryl methyl sites for hydroxylation is 1. The highest BCUT2D eigenvalue weighted by Gasteiger charge is 2.17. The van der Waals surface area contributed by atoms with Crippen LogP contribution in [0.5, 0.6) is 0 Å². The van der Waals surface area contributed by atoms with E-state index in [4.69, 9.17) is 5.73 Å². The maximum atomic E-state index is 11.8. The Hall–Kier alpha value is -1.77. The first-order chi connectivity index (χ1) is 11.9. The smallest absolute Gasteiger partial charge is 0.239 e.